The molecule has 0 saturated carbocycles. The lowest BCUT2D eigenvalue weighted by Gasteiger charge is -2.34. The molecule has 1 aromatic heterocycles. The highest BCUT2D eigenvalue weighted by Gasteiger charge is 2.42. The number of ketones is 1. The maximum Gasteiger partial charge on any atom is 0.309 e. The Labute approximate surface area is 212 Å². The molecule has 0 saturated heterocycles. The number of nitrogens with zero attached hydrogens (tertiary/aromatic N) is 1. The van der Waals surface area contributed by atoms with Gasteiger partial charge in [-0.15, -0.1) is 11.3 Å². The van der Waals surface area contributed by atoms with Crippen LogP contribution in [0.1, 0.15) is 77.4 Å². The lowest BCUT2D eigenvalue weighted by molar-refractivity contribution is -0.154. The van der Waals surface area contributed by atoms with E-state index in [1.807, 2.05) is 32.2 Å². The SMILES string of the molecule is CC(=Cc1csc(C)n1)[C@@H]1CC=C(CF)CCC[C@H](C)[C@H](O)[C@@H](C)C(=O)C(C)(C)[C@@H](O)CC(=O)O1. The van der Waals surface area contributed by atoms with Crippen LogP contribution >= 0.6 is 11.3 Å². The summed E-state index contributed by atoms with van der Waals surface area (Å²) >= 11 is 1.52. The molecule has 8 heteroatoms. The van der Waals surface area contributed by atoms with Gasteiger partial charge in [0.1, 0.15) is 18.6 Å². The summed E-state index contributed by atoms with van der Waals surface area (Å²) in [6.45, 7) is 9.85. The standard InChI is InChI=1S/C27H40FNO5S/c1-16-8-7-9-20(14-28)10-11-22(17(2)12-21-15-35-19(4)29-21)34-24(31)13-23(30)27(5,6)26(33)18(3)25(16)32/h10,12,15-16,18,22-23,25,30,32H,7-9,11,13-14H2,1-6H3/t16-,18+,22-,23-,25-/m0/s1. The molecule has 5 atom stereocenters. The Morgan fingerprint density at radius 2 is 2.00 bits per heavy atom. The van der Waals surface area contributed by atoms with Crippen molar-refractivity contribution in [3.05, 3.63) is 33.3 Å². The van der Waals surface area contributed by atoms with Crippen molar-refractivity contribution in [1.29, 1.82) is 0 Å². The van der Waals surface area contributed by atoms with Gasteiger partial charge in [0.25, 0.3) is 0 Å². The molecule has 0 radical (unpaired) electrons. The number of thiazole rings is 1. The van der Waals surface area contributed by atoms with Gasteiger partial charge in [0, 0.05) is 17.7 Å². The van der Waals surface area contributed by atoms with Crippen molar-refractivity contribution in [3.8, 4) is 0 Å². The largest absolute Gasteiger partial charge is 0.457 e. The lowest BCUT2D eigenvalue weighted by Crippen LogP contribution is -2.45. The third-order valence-electron chi connectivity index (χ3n) is 7.08. The number of ether oxygens (including phenoxy) is 1. The van der Waals surface area contributed by atoms with E-state index >= 15 is 0 Å². The molecular weight excluding hydrogens is 469 g/mol. The Bertz CT molecular complexity index is 938. The third kappa shape index (κ3) is 8.05. The van der Waals surface area contributed by atoms with Crippen molar-refractivity contribution < 1.29 is 28.9 Å². The van der Waals surface area contributed by atoms with Gasteiger partial charge in [0.05, 0.1) is 34.7 Å². The minimum absolute atomic E-state index is 0.167. The Morgan fingerprint density at radius 1 is 1.31 bits per heavy atom. The average Bonchev–Trinajstić information content (AvgIpc) is 3.21. The number of esters is 1. The Hall–Kier alpha value is -1.90. The first-order chi connectivity index (χ1) is 16.4. The van der Waals surface area contributed by atoms with E-state index in [2.05, 4.69) is 4.98 Å². The smallest absolute Gasteiger partial charge is 0.309 e. The van der Waals surface area contributed by atoms with Crippen LogP contribution in [0.3, 0.4) is 0 Å². The molecular formula is C27H40FNO5S. The van der Waals surface area contributed by atoms with Gasteiger partial charge in [-0.1, -0.05) is 33.8 Å². The van der Waals surface area contributed by atoms with E-state index in [0.717, 1.165) is 16.3 Å². The molecule has 0 fully saturated rings. The molecule has 0 spiro atoms. The van der Waals surface area contributed by atoms with E-state index < -0.39 is 42.3 Å². The van der Waals surface area contributed by atoms with Gasteiger partial charge in [-0.25, -0.2) is 9.37 Å². The zero-order chi connectivity index (χ0) is 26.3. The molecule has 2 heterocycles. The number of carbonyl (C=O) groups excluding carboxylic acids is 2. The molecule has 35 heavy (non-hydrogen) atoms. The first kappa shape index (κ1) is 29.3. The molecule has 1 aliphatic heterocycles. The predicted molar refractivity (Wildman–Crippen MR) is 137 cm³/mol. The van der Waals surface area contributed by atoms with Crippen LogP contribution in [0.15, 0.2) is 22.6 Å². The zero-order valence-electron chi connectivity index (χ0n) is 21.7. The topological polar surface area (TPSA) is 96.7 Å². The van der Waals surface area contributed by atoms with Gasteiger partial charge in [-0.3, -0.25) is 9.59 Å². The third-order valence-corrected chi connectivity index (χ3v) is 7.87. The Morgan fingerprint density at radius 3 is 2.60 bits per heavy atom. The highest BCUT2D eigenvalue weighted by atomic mass is 32.1. The lowest BCUT2D eigenvalue weighted by atomic mass is 9.73. The number of Topliss-reactive ketones (excluding diaryl/α,β-unsaturated/α-hetero) is 1. The number of aliphatic hydroxyl groups excluding tert-OH is 2. The molecule has 0 aromatic carbocycles. The van der Waals surface area contributed by atoms with Crippen LogP contribution in [0.4, 0.5) is 4.39 Å². The van der Waals surface area contributed by atoms with Crippen molar-refractivity contribution in [2.45, 2.75) is 92.0 Å². The molecule has 1 aromatic rings. The second kappa shape index (κ2) is 12.9. The zero-order valence-corrected chi connectivity index (χ0v) is 22.5. The molecule has 6 nitrogen and oxygen atoms in total. The second-order valence-corrected chi connectivity index (χ2v) is 11.4. The van der Waals surface area contributed by atoms with E-state index in [0.29, 0.717) is 31.3 Å². The number of aliphatic hydroxyl groups is 2. The summed E-state index contributed by atoms with van der Waals surface area (Å²) in [6, 6.07) is 0. The van der Waals surface area contributed by atoms with Gasteiger partial charge in [-0.05, 0) is 56.3 Å². The van der Waals surface area contributed by atoms with Gasteiger partial charge in [-0.2, -0.15) is 0 Å². The minimum atomic E-state index is -1.27. The number of halogens is 1. The number of carbonyl (C=O) groups is 2. The number of aromatic nitrogens is 1. The molecule has 2 rings (SSSR count). The van der Waals surface area contributed by atoms with Crippen molar-refractivity contribution in [3.63, 3.8) is 0 Å². The summed E-state index contributed by atoms with van der Waals surface area (Å²) in [5, 5.41) is 24.4. The molecule has 196 valence electrons. The summed E-state index contributed by atoms with van der Waals surface area (Å²) in [4.78, 5) is 30.4. The van der Waals surface area contributed by atoms with E-state index in [1.165, 1.54) is 11.3 Å². The van der Waals surface area contributed by atoms with Crippen LogP contribution in [0.5, 0.6) is 0 Å². The Balaban J connectivity index is 2.37. The number of aryl methyl sites for hydroxylation is 1. The van der Waals surface area contributed by atoms with Crippen LogP contribution in [-0.2, 0) is 14.3 Å². The number of hydrogen-bond acceptors (Lipinski definition) is 7. The van der Waals surface area contributed by atoms with E-state index in [9.17, 15) is 24.2 Å². The number of hydrogen-bond donors (Lipinski definition) is 2. The maximum absolute atomic E-state index is 13.7. The quantitative estimate of drug-likeness (QED) is 0.429. The number of alkyl halides is 1. The first-order valence-electron chi connectivity index (χ1n) is 12.3. The van der Waals surface area contributed by atoms with Gasteiger partial charge < -0.3 is 14.9 Å². The van der Waals surface area contributed by atoms with Crippen LogP contribution in [0, 0.1) is 24.2 Å². The van der Waals surface area contributed by atoms with Crippen molar-refractivity contribution in [1.82, 2.24) is 4.98 Å². The van der Waals surface area contributed by atoms with Crippen LogP contribution < -0.4 is 0 Å². The van der Waals surface area contributed by atoms with Crippen molar-refractivity contribution >= 4 is 29.2 Å². The molecule has 0 amide bonds. The summed E-state index contributed by atoms with van der Waals surface area (Å²) in [5.41, 5.74) is 0.892. The minimum Gasteiger partial charge on any atom is -0.457 e. The second-order valence-electron chi connectivity index (χ2n) is 10.3. The summed E-state index contributed by atoms with van der Waals surface area (Å²) < 4.78 is 19.5. The van der Waals surface area contributed by atoms with Crippen LogP contribution in [-0.4, -0.2) is 51.9 Å². The average molecular weight is 510 g/mol. The molecule has 0 aliphatic carbocycles. The number of rotatable bonds is 3. The molecule has 2 N–H and O–H groups in total. The molecule has 1 aliphatic rings. The fourth-order valence-corrected chi connectivity index (χ4v) is 5.01. The Kier molecular flexibility index (Phi) is 10.8. The van der Waals surface area contributed by atoms with Crippen molar-refractivity contribution in [2.75, 3.05) is 6.67 Å². The monoisotopic (exact) mass is 509 g/mol. The summed E-state index contributed by atoms with van der Waals surface area (Å²) in [6.07, 6.45) is 2.57. The fraction of sp³-hybridized carbons (Fsp3) is 0.667. The summed E-state index contributed by atoms with van der Waals surface area (Å²) in [7, 11) is 0. The first-order valence-corrected chi connectivity index (χ1v) is 13.2. The highest BCUT2D eigenvalue weighted by Crippen LogP contribution is 2.32. The van der Waals surface area contributed by atoms with Crippen LogP contribution in [0.2, 0.25) is 0 Å². The van der Waals surface area contributed by atoms with Gasteiger partial charge >= 0.3 is 5.97 Å². The number of allylic oxidation sites excluding steroid dienone is 1. The van der Waals surface area contributed by atoms with E-state index in [4.69, 9.17) is 4.74 Å². The molecule has 0 bridgehead atoms. The van der Waals surface area contributed by atoms with E-state index in [1.54, 1.807) is 26.8 Å². The fourth-order valence-electron chi connectivity index (χ4n) is 4.44. The van der Waals surface area contributed by atoms with Gasteiger partial charge in [0.2, 0.25) is 0 Å². The highest BCUT2D eigenvalue weighted by molar-refractivity contribution is 7.09. The predicted octanol–water partition coefficient (Wildman–Crippen LogP) is 5.22. The van der Waals surface area contributed by atoms with E-state index in [-0.39, 0.29) is 18.1 Å². The number of cyclic esters (lactones) is 1. The van der Waals surface area contributed by atoms with Crippen molar-refractivity contribution in [2.24, 2.45) is 17.3 Å². The summed E-state index contributed by atoms with van der Waals surface area (Å²) in [5.74, 6) is -1.83. The maximum atomic E-state index is 13.7. The molecule has 0 unspecified atom stereocenters. The normalized spacial score (nSPS) is 30.0. The van der Waals surface area contributed by atoms with Gasteiger partial charge in [0.15, 0.2) is 0 Å². The van der Waals surface area contributed by atoms with Crippen LogP contribution in [0.25, 0.3) is 6.08 Å².